The molecule has 0 atom stereocenters. The van der Waals surface area contributed by atoms with Crippen LogP contribution in [0.25, 0.3) is 22.8 Å². The van der Waals surface area contributed by atoms with Crippen molar-refractivity contribution in [3.8, 4) is 22.8 Å². The first-order valence-electron chi connectivity index (χ1n) is 14.2. The topological polar surface area (TPSA) is 51.6 Å². The zero-order chi connectivity index (χ0) is 30.4. The van der Waals surface area contributed by atoms with Crippen LogP contribution in [0.5, 0.6) is 0 Å². The summed E-state index contributed by atoms with van der Waals surface area (Å²) in [5, 5.41) is 2.93. The Morgan fingerprint density at radius 2 is 0.805 bits per heavy atom. The van der Waals surface area contributed by atoms with Crippen LogP contribution in [-0.2, 0) is 11.3 Å². The third kappa shape index (κ3) is 11.6. The van der Waals surface area contributed by atoms with Crippen LogP contribution >= 0.6 is 28.2 Å². The van der Waals surface area contributed by atoms with Gasteiger partial charge in [-0.2, -0.15) is 0 Å². The number of hydrogen-bond acceptors (Lipinski definition) is 4. The molecule has 4 aromatic heterocycles. The van der Waals surface area contributed by atoms with E-state index in [-0.39, 0.29) is 0 Å². The zero-order valence-electron chi connectivity index (χ0n) is 25.4. The van der Waals surface area contributed by atoms with Gasteiger partial charge in [0.05, 0.1) is 40.4 Å². The summed E-state index contributed by atoms with van der Waals surface area (Å²) in [6.45, 7) is 18.7. The van der Waals surface area contributed by atoms with Crippen molar-refractivity contribution in [3.63, 3.8) is 0 Å². The number of aromatic nitrogens is 4. The molecule has 9 heteroatoms. The van der Waals surface area contributed by atoms with Gasteiger partial charge in [-0.25, -0.2) is 0 Å². The van der Waals surface area contributed by atoms with Gasteiger partial charge >= 0.3 is 39.6 Å². The second kappa shape index (κ2) is 18.9. The van der Waals surface area contributed by atoms with E-state index in [0.717, 1.165) is 56.3 Å². The molecular formula is C32H44Br2FeN4Si2. The molecule has 222 valence electrons. The van der Waals surface area contributed by atoms with Crippen LogP contribution in [0, 0.1) is 0 Å². The maximum absolute atomic E-state index is 4.61. The Morgan fingerprint density at radius 1 is 0.488 bits per heavy atom. The van der Waals surface area contributed by atoms with E-state index in [1.54, 1.807) is 0 Å². The molecule has 0 saturated carbocycles. The molecule has 0 bridgehead atoms. The number of pyridine rings is 4. The summed E-state index contributed by atoms with van der Waals surface area (Å²) in [7, 11) is -1.87. The fourth-order valence-corrected chi connectivity index (χ4v) is 12.9. The third-order valence-corrected chi connectivity index (χ3v) is 15.0. The molecule has 0 aliphatic rings. The number of hydrogen-bond donors (Lipinski definition) is 0. The third-order valence-electron chi connectivity index (χ3n) is 7.07. The van der Waals surface area contributed by atoms with Gasteiger partial charge in [0.15, 0.2) is 0 Å². The number of halogens is 2. The van der Waals surface area contributed by atoms with Crippen molar-refractivity contribution in [2.45, 2.75) is 77.6 Å². The molecular weight excluding hydrogens is 712 g/mol. The van der Waals surface area contributed by atoms with Crippen LogP contribution in [-0.4, -0.2) is 37.5 Å². The van der Waals surface area contributed by atoms with Crippen LogP contribution in [0.4, 0.5) is 0 Å². The predicted molar refractivity (Wildman–Crippen MR) is 187 cm³/mol. The average molecular weight is 757 g/mol. The van der Waals surface area contributed by atoms with E-state index in [1.807, 2.05) is 48.8 Å². The van der Waals surface area contributed by atoms with Crippen molar-refractivity contribution in [2.75, 3.05) is 0 Å². The van der Waals surface area contributed by atoms with Gasteiger partial charge in [-0.15, -0.1) is 0 Å². The van der Waals surface area contributed by atoms with Crippen LogP contribution in [0.2, 0.25) is 22.2 Å². The Hall–Kier alpha value is -1.49. The van der Waals surface area contributed by atoms with E-state index < -0.39 is 17.6 Å². The second-order valence-electron chi connectivity index (χ2n) is 11.5. The Labute approximate surface area is 271 Å². The van der Waals surface area contributed by atoms with Crippen molar-refractivity contribution in [2.24, 2.45) is 0 Å². The normalized spacial score (nSPS) is 11.2. The van der Waals surface area contributed by atoms with Gasteiger partial charge in [-0.1, -0.05) is 79.7 Å². The fourth-order valence-electron chi connectivity index (χ4n) is 5.62. The van der Waals surface area contributed by atoms with E-state index in [1.165, 1.54) is 10.4 Å². The molecule has 0 saturated heterocycles. The fraction of sp³-hybridized carbons (Fsp3) is 0.375. The minimum absolute atomic E-state index is 0.766. The maximum atomic E-state index is 4.61. The summed E-state index contributed by atoms with van der Waals surface area (Å²) in [5.74, 6) is 0. The molecule has 0 fully saturated rings. The van der Waals surface area contributed by atoms with Crippen molar-refractivity contribution in [1.82, 2.24) is 19.9 Å². The minimum atomic E-state index is -0.936. The van der Waals surface area contributed by atoms with Gasteiger partial charge in [0.1, 0.15) is 0 Å². The Bertz CT molecular complexity index is 1130. The first kappa shape index (κ1) is 35.7. The molecule has 0 N–H and O–H groups in total. The standard InChI is InChI=1S/2C16H22N2Si.2BrH.Fe/c2*1-12(2)19(13(3)4)14-8-9-16(18-11-14)15-7-5-6-10-17-15;;;/h2*5-13,19H,1-4H3;2*1H;/q;;;;+2/p-2. The summed E-state index contributed by atoms with van der Waals surface area (Å²) >= 11 is 7.00. The van der Waals surface area contributed by atoms with Gasteiger partial charge in [0.2, 0.25) is 0 Å². The molecule has 41 heavy (non-hydrogen) atoms. The molecule has 0 aromatic carbocycles. The summed E-state index contributed by atoms with van der Waals surface area (Å²) < 4.78 is 0. The zero-order valence-corrected chi connectivity index (χ0v) is 32.0. The molecule has 0 aliphatic heterocycles. The van der Waals surface area contributed by atoms with E-state index in [2.05, 4.69) is 140 Å². The van der Waals surface area contributed by atoms with Crippen LogP contribution in [0.1, 0.15) is 55.4 Å². The van der Waals surface area contributed by atoms with Gasteiger partial charge in [-0.05, 0) is 68.9 Å². The molecule has 4 aromatic rings. The van der Waals surface area contributed by atoms with Crippen molar-refractivity contribution < 1.29 is 11.3 Å². The molecule has 4 nitrogen and oxygen atoms in total. The number of nitrogens with zero attached hydrogens (tertiary/aromatic N) is 4. The van der Waals surface area contributed by atoms with E-state index in [9.17, 15) is 0 Å². The molecule has 0 radical (unpaired) electrons. The quantitative estimate of drug-likeness (QED) is 0.170. The van der Waals surface area contributed by atoms with Gasteiger partial charge in [0.25, 0.3) is 0 Å². The van der Waals surface area contributed by atoms with Crippen LogP contribution in [0.15, 0.2) is 85.5 Å². The van der Waals surface area contributed by atoms with E-state index >= 15 is 0 Å². The predicted octanol–water partition coefficient (Wildman–Crippen LogP) is 8.48. The van der Waals surface area contributed by atoms with Crippen molar-refractivity contribution >= 4 is 56.2 Å². The Kier molecular flexibility index (Phi) is 16.5. The first-order valence-corrected chi connectivity index (χ1v) is 23.5. The van der Waals surface area contributed by atoms with Crippen LogP contribution < -0.4 is 10.4 Å². The average Bonchev–Trinajstić information content (AvgIpc) is 2.95. The van der Waals surface area contributed by atoms with Crippen molar-refractivity contribution in [1.29, 1.82) is 0 Å². The molecule has 4 heterocycles. The molecule has 4 rings (SSSR count). The van der Waals surface area contributed by atoms with Gasteiger partial charge in [-0.3, -0.25) is 19.9 Å². The molecule has 0 aliphatic carbocycles. The monoisotopic (exact) mass is 754 g/mol. The van der Waals surface area contributed by atoms with Crippen molar-refractivity contribution in [3.05, 3.63) is 85.5 Å². The Balaban J connectivity index is 0.000000262. The van der Waals surface area contributed by atoms with Crippen LogP contribution in [0.3, 0.4) is 0 Å². The molecule has 0 spiro atoms. The Morgan fingerprint density at radius 3 is 1.02 bits per heavy atom. The molecule has 0 amide bonds. The summed E-state index contributed by atoms with van der Waals surface area (Å²) in [6.07, 6.45) is 7.76. The van der Waals surface area contributed by atoms with Gasteiger partial charge < -0.3 is 0 Å². The summed E-state index contributed by atoms with van der Waals surface area (Å²) in [5.41, 5.74) is 6.88. The summed E-state index contributed by atoms with van der Waals surface area (Å²) in [6, 6.07) is 20.6. The first-order chi connectivity index (χ1) is 19.6. The molecule has 0 unspecified atom stereocenters. The SMILES string of the molecule is CC(C)[SiH](c1ccc(-c2ccccn2)nc1)C(C)C.CC(C)[SiH](c1ccc(-c2ccccn2)nc1)C(C)C.[Br][Fe][Br]. The number of rotatable bonds is 8. The second-order valence-corrected chi connectivity index (χ2v) is 25.8. The van der Waals surface area contributed by atoms with E-state index in [0.29, 0.717) is 0 Å². The van der Waals surface area contributed by atoms with Gasteiger partial charge in [0, 0.05) is 24.8 Å². The summed E-state index contributed by atoms with van der Waals surface area (Å²) in [4.78, 5) is 17.9. The van der Waals surface area contributed by atoms with E-state index in [4.69, 9.17) is 0 Å².